The van der Waals surface area contributed by atoms with Crippen molar-refractivity contribution < 1.29 is 4.79 Å². The first-order chi connectivity index (χ1) is 5.34. The Labute approximate surface area is 69.2 Å². The molecular weight excluding hydrogens is 136 g/mol. The van der Waals surface area contributed by atoms with E-state index in [0.29, 0.717) is 0 Å². The molecule has 0 N–H and O–H groups in total. The van der Waals surface area contributed by atoms with E-state index in [-0.39, 0.29) is 0 Å². The fourth-order valence-electron chi connectivity index (χ4n) is 2.09. The summed E-state index contributed by atoms with van der Waals surface area (Å²) in [5.74, 6) is 1.71. The third-order valence-electron chi connectivity index (χ3n) is 2.94. The maximum Gasteiger partial charge on any atom is 0.120 e. The average Bonchev–Trinajstić information content (AvgIpc) is 2.52. The molecule has 1 aliphatic rings. The highest BCUT2D eigenvalue weighted by Gasteiger charge is 2.20. The van der Waals surface area contributed by atoms with Crippen LogP contribution in [-0.4, -0.2) is 6.29 Å². The summed E-state index contributed by atoms with van der Waals surface area (Å²) in [4.78, 5) is 10.1. The molecular formula is C10H18O. The SMILES string of the molecule is CC(CCC=O)C1CCCC1. The molecule has 0 aromatic rings. The molecule has 1 unspecified atom stereocenters. The highest BCUT2D eigenvalue weighted by atomic mass is 16.1. The zero-order valence-corrected chi connectivity index (χ0v) is 7.38. The number of aldehydes is 1. The number of carbonyl (C=O) groups excluding carboxylic acids is 1. The van der Waals surface area contributed by atoms with Crippen molar-refractivity contribution in [3.8, 4) is 0 Å². The second kappa shape index (κ2) is 4.53. The molecule has 1 heteroatoms. The third kappa shape index (κ3) is 2.64. The van der Waals surface area contributed by atoms with Crippen LogP contribution in [0.25, 0.3) is 0 Å². The van der Waals surface area contributed by atoms with Gasteiger partial charge in [0.15, 0.2) is 0 Å². The lowest BCUT2D eigenvalue weighted by Gasteiger charge is -2.16. The molecule has 1 nitrogen and oxygen atoms in total. The zero-order valence-electron chi connectivity index (χ0n) is 7.38. The lowest BCUT2D eigenvalue weighted by molar-refractivity contribution is -0.108. The van der Waals surface area contributed by atoms with Crippen LogP contribution in [0.5, 0.6) is 0 Å². The molecule has 1 aliphatic carbocycles. The summed E-state index contributed by atoms with van der Waals surface area (Å²) in [5, 5.41) is 0. The molecule has 0 saturated heterocycles. The quantitative estimate of drug-likeness (QED) is 0.569. The van der Waals surface area contributed by atoms with Crippen molar-refractivity contribution in [1.29, 1.82) is 0 Å². The first-order valence-electron chi connectivity index (χ1n) is 4.78. The van der Waals surface area contributed by atoms with Crippen LogP contribution in [0.1, 0.15) is 45.4 Å². The van der Waals surface area contributed by atoms with Crippen LogP contribution in [0.2, 0.25) is 0 Å². The van der Waals surface area contributed by atoms with Crippen LogP contribution in [0.4, 0.5) is 0 Å². The third-order valence-corrected chi connectivity index (χ3v) is 2.94. The smallest absolute Gasteiger partial charge is 0.120 e. The van der Waals surface area contributed by atoms with E-state index in [0.717, 1.165) is 31.0 Å². The molecule has 0 spiro atoms. The lowest BCUT2D eigenvalue weighted by atomic mass is 9.89. The molecule has 0 bridgehead atoms. The highest BCUT2D eigenvalue weighted by molar-refractivity contribution is 5.49. The van der Waals surface area contributed by atoms with Crippen molar-refractivity contribution >= 4 is 6.29 Å². The molecule has 1 rings (SSSR count). The second-order valence-electron chi connectivity index (χ2n) is 3.77. The van der Waals surface area contributed by atoms with Gasteiger partial charge in [0.25, 0.3) is 0 Å². The standard InChI is InChI=1S/C10H18O/c1-9(5-4-8-11)10-6-2-3-7-10/h8-10H,2-7H2,1H3. The van der Waals surface area contributed by atoms with Crippen molar-refractivity contribution in [3.05, 3.63) is 0 Å². The minimum Gasteiger partial charge on any atom is -0.303 e. The summed E-state index contributed by atoms with van der Waals surface area (Å²) >= 11 is 0. The van der Waals surface area contributed by atoms with Crippen molar-refractivity contribution in [2.75, 3.05) is 0 Å². The van der Waals surface area contributed by atoms with E-state index in [1.54, 1.807) is 0 Å². The van der Waals surface area contributed by atoms with Gasteiger partial charge in [0.2, 0.25) is 0 Å². The Morgan fingerprint density at radius 1 is 1.45 bits per heavy atom. The van der Waals surface area contributed by atoms with E-state index in [2.05, 4.69) is 6.92 Å². The summed E-state index contributed by atoms with van der Waals surface area (Å²) in [5.41, 5.74) is 0. The fraction of sp³-hybridized carbons (Fsp3) is 0.900. The number of carbonyl (C=O) groups is 1. The molecule has 64 valence electrons. The molecule has 0 aliphatic heterocycles. The van der Waals surface area contributed by atoms with Gasteiger partial charge in [0.1, 0.15) is 6.29 Å². The molecule has 0 heterocycles. The minimum atomic E-state index is 0.762. The van der Waals surface area contributed by atoms with E-state index < -0.39 is 0 Å². The second-order valence-corrected chi connectivity index (χ2v) is 3.77. The Hall–Kier alpha value is -0.330. The summed E-state index contributed by atoms with van der Waals surface area (Å²) in [6, 6.07) is 0. The van der Waals surface area contributed by atoms with Crippen molar-refractivity contribution in [3.63, 3.8) is 0 Å². The van der Waals surface area contributed by atoms with Crippen molar-refractivity contribution in [2.45, 2.75) is 45.4 Å². The first kappa shape index (κ1) is 8.76. The van der Waals surface area contributed by atoms with Crippen LogP contribution in [0, 0.1) is 11.8 Å². The molecule has 1 atom stereocenters. The van der Waals surface area contributed by atoms with Gasteiger partial charge in [-0.3, -0.25) is 0 Å². The summed E-state index contributed by atoms with van der Waals surface area (Å²) in [6.45, 7) is 2.29. The zero-order chi connectivity index (χ0) is 8.10. The molecule has 0 aromatic heterocycles. The van der Waals surface area contributed by atoms with E-state index >= 15 is 0 Å². The normalized spacial score (nSPS) is 21.9. The van der Waals surface area contributed by atoms with E-state index in [1.807, 2.05) is 0 Å². The van der Waals surface area contributed by atoms with Crippen LogP contribution in [-0.2, 0) is 4.79 Å². The minimum absolute atomic E-state index is 0.762. The lowest BCUT2D eigenvalue weighted by Crippen LogP contribution is -2.07. The predicted octanol–water partition coefficient (Wildman–Crippen LogP) is 2.79. The van der Waals surface area contributed by atoms with Crippen LogP contribution in [0.15, 0.2) is 0 Å². The van der Waals surface area contributed by atoms with Crippen LogP contribution >= 0.6 is 0 Å². The predicted molar refractivity (Wildman–Crippen MR) is 46.4 cm³/mol. The summed E-state index contributed by atoms with van der Waals surface area (Å²) in [6.07, 6.45) is 8.55. The topological polar surface area (TPSA) is 17.1 Å². The molecule has 1 saturated carbocycles. The maximum atomic E-state index is 10.1. The summed E-state index contributed by atoms with van der Waals surface area (Å²) in [7, 11) is 0. The van der Waals surface area contributed by atoms with E-state index in [1.165, 1.54) is 25.7 Å². The van der Waals surface area contributed by atoms with E-state index in [4.69, 9.17) is 0 Å². The average molecular weight is 154 g/mol. The van der Waals surface area contributed by atoms with E-state index in [9.17, 15) is 4.79 Å². The molecule has 0 amide bonds. The molecule has 11 heavy (non-hydrogen) atoms. The van der Waals surface area contributed by atoms with Crippen LogP contribution in [0.3, 0.4) is 0 Å². The van der Waals surface area contributed by atoms with Gasteiger partial charge in [-0.15, -0.1) is 0 Å². The van der Waals surface area contributed by atoms with Gasteiger partial charge in [0, 0.05) is 6.42 Å². The fourth-order valence-corrected chi connectivity index (χ4v) is 2.09. The number of hydrogen-bond acceptors (Lipinski definition) is 1. The van der Waals surface area contributed by atoms with Crippen molar-refractivity contribution in [1.82, 2.24) is 0 Å². The van der Waals surface area contributed by atoms with Gasteiger partial charge in [-0.25, -0.2) is 0 Å². The number of hydrogen-bond donors (Lipinski definition) is 0. The Morgan fingerprint density at radius 3 is 2.64 bits per heavy atom. The van der Waals surface area contributed by atoms with Crippen LogP contribution < -0.4 is 0 Å². The monoisotopic (exact) mass is 154 g/mol. The molecule has 1 fully saturated rings. The van der Waals surface area contributed by atoms with Gasteiger partial charge in [-0.1, -0.05) is 32.6 Å². The van der Waals surface area contributed by atoms with Gasteiger partial charge in [-0.05, 0) is 18.3 Å². The first-order valence-corrected chi connectivity index (χ1v) is 4.78. The Balaban J connectivity index is 2.16. The molecule has 0 radical (unpaired) electrons. The van der Waals surface area contributed by atoms with Gasteiger partial charge < -0.3 is 4.79 Å². The van der Waals surface area contributed by atoms with Gasteiger partial charge in [-0.2, -0.15) is 0 Å². The van der Waals surface area contributed by atoms with Gasteiger partial charge in [0.05, 0.1) is 0 Å². The Kier molecular flexibility index (Phi) is 3.61. The van der Waals surface area contributed by atoms with Crippen molar-refractivity contribution in [2.24, 2.45) is 11.8 Å². The summed E-state index contributed by atoms with van der Waals surface area (Å²) < 4.78 is 0. The highest BCUT2D eigenvalue weighted by Crippen LogP contribution is 2.32. The molecule has 0 aromatic carbocycles. The Bertz CT molecular complexity index is 114. The van der Waals surface area contributed by atoms with Gasteiger partial charge >= 0.3 is 0 Å². The maximum absolute atomic E-state index is 10.1. The largest absolute Gasteiger partial charge is 0.303 e. The Morgan fingerprint density at radius 2 is 2.09 bits per heavy atom. The number of rotatable bonds is 4.